The zero-order chi connectivity index (χ0) is 14.0. The van der Waals surface area contributed by atoms with E-state index in [9.17, 15) is 4.79 Å². The van der Waals surface area contributed by atoms with Crippen LogP contribution in [0, 0.1) is 6.92 Å². The number of para-hydroxylation sites is 1. The predicted molar refractivity (Wildman–Crippen MR) is 77.4 cm³/mol. The first-order valence-corrected chi connectivity index (χ1v) is 7.58. The van der Waals surface area contributed by atoms with Crippen molar-refractivity contribution in [3.05, 3.63) is 29.3 Å². The fraction of sp³-hybridized carbons (Fsp3) is 0.588. The molecule has 0 bridgehead atoms. The van der Waals surface area contributed by atoms with Gasteiger partial charge in [-0.15, -0.1) is 0 Å². The van der Waals surface area contributed by atoms with Crippen molar-refractivity contribution in [3.8, 4) is 5.75 Å². The lowest BCUT2D eigenvalue weighted by molar-refractivity contribution is -0.0509. The Morgan fingerprint density at radius 3 is 2.90 bits per heavy atom. The molecule has 20 heavy (non-hydrogen) atoms. The van der Waals surface area contributed by atoms with Crippen LogP contribution in [0.3, 0.4) is 0 Å². The lowest BCUT2D eigenvalue weighted by Crippen LogP contribution is -2.27. The highest BCUT2D eigenvalue weighted by Gasteiger charge is 2.42. The van der Waals surface area contributed by atoms with E-state index in [1.807, 2.05) is 19.1 Å². The highest BCUT2D eigenvalue weighted by Crippen LogP contribution is 2.43. The highest BCUT2D eigenvalue weighted by molar-refractivity contribution is 5.80. The molecule has 1 aromatic carbocycles. The van der Waals surface area contributed by atoms with Gasteiger partial charge in [0.15, 0.2) is 6.29 Å². The molecule has 1 aromatic rings. The zero-order valence-corrected chi connectivity index (χ0v) is 12.1. The largest absolute Gasteiger partial charge is 0.490 e. The first kappa shape index (κ1) is 13.6. The standard InChI is InChI=1S/C17H22O3/c1-13-5-4-6-14(11-18)16(13)19-12-15-7-10-17(20-15)8-2-3-9-17/h4-6,11,15H,2-3,7-10,12H2,1H3. The first-order chi connectivity index (χ1) is 9.72. The molecular formula is C17H22O3. The third kappa shape index (κ3) is 2.59. The smallest absolute Gasteiger partial charge is 0.153 e. The van der Waals surface area contributed by atoms with Crippen LogP contribution in [0.15, 0.2) is 18.2 Å². The van der Waals surface area contributed by atoms with Gasteiger partial charge in [0.1, 0.15) is 12.4 Å². The summed E-state index contributed by atoms with van der Waals surface area (Å²) in [5, 5.41) is 0. The number of carbonyl (C=O) groups is 1. The number of hydrogen-bond acceptors (Lipinski definition) is 3. The second-order valence-corrected chi connectivity index (χ2v) is 6.09. The number of ether oxygens (including phenoxy) is 2. The van der Waals surface area contributed by atoms with Gasteiger partial charge in [-0.3, -0.25) is 4.79 Å². The molecule has 3 nitrogen and oxygen atoms in total. The molecule has 108 valence electrons. The van der Waals surface area contributed by atoms with E-state index in [2.05, 4.69) is 0 Å². The van der Waals surface area contributed by atoms with E-state index >= 15 is 0 Å². The molecule has 0 aromatic heterocycles. The summed E-state index contributed by atoms with van der Waals surface area (Å²) in [6.07, 6.45) is 8.25. The van der Waals surface area contributed by atoms with Crippen molar-refractivity contribution in [1.29, 1.82) is 0 Å². The van der Waals surface area contributed by atoms with Gasteiger partial charge in [-0.1, -0.05) is 25.0 Å². The van der Waals surface area contributed by atoms with E-state index in [-0.39, 0.29) is 11.7 Å². The molecule has 1 saturated carbocycles. The third-order valence-corrected chi connectivity index (χ3v) is 4.64. The van der Waals surface area contributed by atoms with E-state index in [1.165, 1.54) is 25.7 Å². The van der Waals surface area contributed by atoms with Crippen LogP contribution in [0.5, 0.6) is 5.75 Å². The summed E-state index contributed by atoms with van der Waals surface area (Å²) in [4.78, 5) is 11.1. The van der Waals surface area contributed by atoms with Crippen LogP contribution >= 0.6 is 0 Å². The average Bonchev–Trinajstić information content (AvgIpc) is 3.08. The van der Waals surface area contributed by atoms with Crippen LogP contribution in [0.2, 0.25) is 0 Å². The van der Waals surface area contributed by atoms with Crippen molar-refractivity contribution in [2.24, 2.45) is 0 Å². The van der Waals surface area contributed by atoms with Crippen LogP contribution in [-0.2, 0) is 4.74 Å². The van der Waals surface area contributed by atoms with E-state index in [0.717, 1.165) is 24.7 Å². The van der Waals surface area contributed by atoms with Gasteiger partial charge in [-0.05, 0) is 44.2 Å². The number of benzene rings is 1. The van der Waals surface area contributed by atoms with Gasteiger partial charge in [0.05, 0.1) is 17.3 Å². The van der Waals surface area contributed by atoms with Crippen molar-refractivity contribution in [2.45, 2.75) is 57.2 Å². The van der Waals surface area contributed by atoms with Crippen LogP contribution < -0.4 is 4.74 Å². The second-order valence-electron chi connectivity index (χ2n) is 6.09. The summed E-state index contributed by atoms with van der Waals surface area (Å²) in [7, 11) is 0. The number of aryl methyl sites for hydroxylation is 1. The number of carbonyl (C=O) groups excluding carboxylic acids is 1. The highest BCUT2D eigenvalue weighted by atomic mass is 16.6. The topological polar surface area (TPSA) is 35.5 Å². The minimum Gasteiger partial charge on any atom is -0.490 e. The van der Waals surface area contributed by atoms with Gasteiger partial charge in [-0.25, -0.2) is 0 Å². The molecule has 0 amide bonds. The summed E-state index contributed by atoms with van der Waals surface area (Å²) in [5.41, 5.74) is 1.77. The maximum absolute atomic E-state index is 11.1. The van der Waals surface area contributed by atoms with Gasteiger partial charge >= 0.3 is 0 Å². The van der Waals surface area contributed by atoms with Gasteiger partial charge in [0.2, 0.25) is 0 Å². The molecule has 3 heteroatoms. The Morgan fingerprint density at radius 1 is 1.35 bits per heavy atom. The minimum atomic E-state index is 0.146. The van der Waals surface area contributed by atoms with E-state index in [1.54, 1.807) is 6.07 Å². The average molecular weight is 274 g/mol. The van der Waals surface area contributed by atoms with Crippen molar-refractivity contribution in [3.63, 3.8) is 0 Å². The number of hydrogen-bond donors (Lipinski definition) is 0. The van der Waals surface area contributed by atoms with Gasteiger partial charge in [0.25, 0.3) is 0 Å². The van der Waals surface area contributed by atoms with E-state index in [0.29, 0.717) is 17.9 Å². The molecular weight excluding hydrogens is 252 g/mol. The lowest BCUT2D eigenvalue weighted by atomic mass is 9.98. The number of rotatable bonds is 4. The van der Waals surface area contributed by atoms with Gasteiger partial charge in [-0.2, -0.15) is 0 Å². The van der Waals surface area contributed by atoms with Crippen LogP contribution in [0.4, 0.5) is 0 Å². The normalized spacial score (nSPS) is 24.1. The Hall–Kier alpha value is -1.35. The van der Waals surface area contributed by atoms with Gasteiger partial charge in [0, 0.05) is 0 Å². The Balaban J connectivity index is 1.62. The van der Waals surface area contributed by atoms with Crippen LogP contribution in [-0.4, -0.2) is 24.6 Å². The molecule has 1 saturated heterocycles. The molecule has 2 aliphatic rings. The maximum atomic E-state index is 11.1. The molecule has 1 aliphatic carbocycles. The van der Waals surface area contributed by atoms with Crippen LogP contribution in [0.25, 0.3) is 0 Å². The quantitative estimate of drug-likeness (QED) is 0.786. The molecule has 3 rings (SSSR count). The summed E-state index contributed by atoms with van der Waals surface area (Å²) < 4.78 is 12.1. The molecule has 1 aliphatic heterocycles. The Labute approximate surface area is 120 Å². The summed E-state index contributed by atoms with van der Waals surface area (Å²) >= 11 is 0. The van der Waals surface area contributed by atoms with Crippen LogP contribution in [0.1, 0.15) is 54.4 Å². The maximum Gasteiger partial charge on any atom is 0.153 e. The minimum absolute atomic E-state index is 0.146. The fourth-order valence-electron chi connectivity index (χ4n) is 3.54. The monoisotopic (exact) mass is 274 g/mol. The number of aldehydes is 1. The second kappa shape index (κ2) is 5.57. The Bertz CT molecular complexity index is 489. The Morgan fingerprint density at radius 2 is 2.15 bits per heavy atom. The molecule has 0 radical (unpaired) electrons. The summed E-state index contributed by atoms with van der Waals surface area (Å²) in [6, 6.07) is 5.64. The molecule has 1 atom stereocenters. The van der Waals surface area contributed by atoms with Crippen molar-refractivity contribution < 1.29 is 14.3 Å². The van der Waals surface area contributed by atoms with E-state index in [4.69, 9.17) is 9.47 Å². The van der Waals surface area contributed by atoms with E-state index < -0.39 is 0 Å². The predicted octanol–water partition coefficient (Wildman–Crippen LogP) is 3.68. The van der Waals surface area contributed by atoms with Crippen molar-refractivity contribution >= 4 is 6.29 Å². The fourth-order valence-corrected chi connectivity index (χ4v) is 3.54. The molecule has 0 N–H and O–H groups in total. The van der Waals surface area contributed by atoms with Gasteiger partial charge < -0.3 is 9.47 Å². The van der Waals surface area contributed by atoms with Crippen molar-refractivity contribution in [2.75, 3.05) is 6.61 Å². The zero-order valence-electron chi connectivity index (χ0n) is 12.1. The SMILES string of the molecule is Cc1cccc(C=O)c1OCC1CCC2(CCCC2)O1. The summed E-state index contributed by atoms with van der Waals surface area (Å²) in [6.45, 7) is 2.52. The molecule has 2 fully saturated rings. The molecule has 1 spiro atoms. The third-order valence-electron chi connectivity index (χ3n) is 4.64. The lowest BCUT2D eigenvalue weighted by Gasteiger charge is -2.24. The van der Waals surface area contributed by atoms with Crippen molar-refractivity contribution in [1.82, 2.24) is 0 Å². The Kier molecular flexibility index (Phi) is 3.79. The molecule has 1 heterocycles. The first-order valence-electron chi connectivity index (χ1n) is 7.58. The molecule has 1 unspecified atom stereocenters. The summed E-state index contributed by atoms with van der Waals surface area (Å²) in [5.74, 6) is 0.707.